The third-order valence-electron chi connectivity index (χ3n) is 3.47. The number of hydrogen-bond acceptors (Lipinski definition) is 8. The third kappa shape index (κ3) is 3.67. The van der Waals surface area contributed by atoms with Crippen LogP contribution >= 0.6 is 19.2 Å². The quantitative estimate of drug-likeness (QED) is 0.405. The zero-order chi connectivity index (χ0) is 17.5. The maximum absolute atomic E-state index is 10.8. The lowest BCUT2D eigenvalue weighted by molar-refractivity contribution is -0.0596. The summed E-state index contributed by atoms with van der Waals surface area (Å²) in [7, 11) is -4.27. The molecule has 3 heterocycles. The second kappa shape index (κ2) is 6.52. The Kier molecular flexibility index (Phi) is 4.76. The summed E-state index contributed by atoms with van der Waals surface area (Å²) >= 11 is 5.80. The number of anilines is 1. The van der Waals surface area contributed by atoms with Crippen molar-refractivity contribution in [2.75, 3.05) is 18.7 Å². The number of aliphatic hydroxyl groups is 1. The van der Waals surface area contributed by atoms with Crippen molar-refractivity contribution in [2.45, 2.75) is 24.9 Å². The van der Waals surface area contributed by atoms with Crippen molar-refractivity contribution >= 4 is 36.0 Å². The Bertz CT molecular complexity index is 797. The minimum atomic E-state index is -4.27. The van der Waals surface area contributed by atoms with Crippen LogP contribution in [0.3, 0.4) is 0 Å². The molecule has 0 aliphatic carbocycles. The largest absolute Gasteiger partial charge is 0.390 e. The van der Waals surface area contributed by atoms with Crippen LogP contribution in [0.15, 0.2) is 6.20 Å². The fourth-order valence-electron chi connectivity index (χ4n) is 2.43. The molecule has 3 rings (SSSR count). The van der Waals surface area contributed by atoms with Crippen molar-refractivity contribution in [3.8, 4) is 0 Å². The van der Waals surface area contributed by atoms with E-state index in [4.69, 9.17) is 36.6 Å². The van der Waals surface area contributed by atoms with E-state index in [9.17, 15) is 9.67 Å². The molecule has 1 aliphatic heterocycles. The molecule has 132 valence electrons. The number of ether oxygens (including phenoxy) is 2. The van der Waals surface area contributed by atoms with Crippen LogP contribution in [0.25, 0.3) is 11.0 Å². The summed E-state index contributed by atoms with van der Waals surface area (Å²) in [4.78, 5) is 25.4. The number of nitrogens with zero attached hydrogens (tertiary/aromatic N) is 4. The Balaban J connectivity index is 1.74. The molecule has 3 atom stereocenters. The van der Waals surface area contributed by atoms with Gasteiger partial charge in [-0.3, -0.25) is 4.57 Å². The first-order chi connectivity index (χ1) is 11.2. The molecule has 0 unspecified atom stereocenters. The van der Waals surface area contributed by atoms with E-state index in [-0.39, 0.29) is 24.1 Å². The maximum Gasteiger partial charge on any atom is 0.350 e. The van der Waals surface area contributed by atoms with Gasteiger partial charge in [0, 0.05) is 6.42 Å². The minimum Gasteiger partial charge on any atom is -0.390 e. The number of nitrogens with two attached hydrogens (primary N) is 1. The lowest BCUT2D eigenvalue weighted by atomic mass is 10.2. The second-order valence-electron chi connectivity index (χ2n) is 5.30. The summed E-state index contributed by atoms with van der Waals surface area (Å²) in [6.45, 7) is -0.167. The zero-order valence-electron chi connectivity index (χ0n) is 12.2. The van der Waals surface area contributed by atoms with E-state index in [0.29, 0.717) is 11.0 Å². The van der Waals surface area contributed by atoms with Crippen molar-refractivity contribution in [3.63, 3.8) is 0 Å². The van der Waals surface area contributed by atoms with E-state index in [0.717, 1.165) is 0 Å². The van der Waals surface area contributed by atoms with Gasteiger partial charge in [-0.15, -0.1) is 0 Å². The average molecular weight is 380 g/mol. The Morgan fingerprint density at radius 1 is 1.50 bits per heavy atom. The lowest BCUT2D eigenvalue weighted by Crippen LogP contribution is -2.26. The predicted molar refractivity (Wildman–Crippen MR) is 82.1 cm³/mol. The highest BCUT2D eigenvalue weighted by Gasteiger charge is 2.37. The van der Waals surface area contributed by atoms with Crippen molar-refractivity contribution in [2.24, 2.45) is 0 Å². The molecular weight excluding hydrogens is 365 g/mol. The molecule has 2 aromatic heterocycles. The van der Waals surface area contributed by atoms with Gasteiger partial charge in [-0.25, -0.2) is 9.67 Å². The number of aliphatic hydroxyl groups excluding tert-OH is 1. The lowest BCUT2D eigenvalue weighted by Gasteiger charge is -2.15. The van der Waals surface area contributed by atoms with Crippen LogP contribution in [-0.2, 0) is 14.0 Å². The van der Waals surface area contributed by atoms with Crippen molar-refractivity contribution in [1.82, 2.24) is 19.7 Å². The van der Waals surface area contributed by atoms with Crippen LogP contribution in [0.4, 0.5) is 5.82 Å². The van der Waals surface area contributed by atoms with Crippen LogP contribution in [0.2, 0.25) is 5.28 Å². The molecule has 0 bridgehead atoms. The second-order valence-corrected chi connectivity index (χ2v) is 7.23. The van der Waals surface area contributed by atoms with Gasteiger partial charge in [0.05, 0.1) is 24.3 Å². The van der Waals surface area contributed by atoms with Gasteiger partial charge in [0.25, 0.3) is 0 Å². The van der Waals surface area contributed by atoms with E-state index >= 15 is 0 Å². The fraction of sp³-hybridized carbons (Fsp3) is 0.545. The highest BCUT2D eigenvalue weighted by Crippen LogP contribution is 2.35. The Hall–Kier alpha value is -1.33. The molecule has 0 saturated carbocycles. The average Bonchev–Trinajstić information content (AvgIpc) is 3.01. The number of nitrogen functional groups attached to an aromatic ring is 1. The maximum atomic E-state index is 10.8. The Morgan fingerprint density at radius 3 is 2.96 bits per heavy atom. The summed E-state index contributed by atoms with van der Waals surface area (Å²) in [5, 5.41) is 14.6. The number of rotatable bonds is 5. The normalized spacial score (nSPS) is 24.8. The van der Waals surface area contributed by atoms with E-state index in [1.54, 1.807) is 0 Å². The number of aromatic nitrogens is 4. The number of halogens is 1. The molecular formula is C11H15ClN5O6P. The minimum absolute atomic E-state index is 0.0400. The molecule has 0 aromatic carbocycles. The van der Waals surface area contributed by atoms with E-state index in [1.807, 2.05) is 0 Å². The van der Waals surface area contributed by atoms with Gasteiger partial charge in [-0.05, 0) is 11.6 Å². The van der Waals surface area contributed by atoms with Crippen LogP contribution in [0.5, 0.6) is 0 Å². The predicted octanol–water partition coefficient (Wildman–Crippen LogP) is -0.138. The molecule has 1 saturated heterocycles. The van der Waals surface area contributed by atoms with Crippen molar-refractivity contribution in [1.29, 1.82) is 0 Å². The van der Waals surface area contributed by atoms with Gasteiger partial charge in [0.2, 0.25) is 5.28 Å². The molecule has 1 fully saturated rings. The highest BCUT2D eigenvalue weighted by molar-refractivity contribution is 7.51. The van der Waals surface area contributed by atoms with Gasteiger partial charge in [0.15, 0.2) is 11.9 Å². The molecule has 24 heavy (non-hydrogen) atoms. The number of hydrogen-bond donors (Lipinski definition) is 4. The summed E-state index contributed by atoms with van der Waals surface area (Å²) in [5.41, 5.74) is 6.12. The summed E-state index contributed by atoms with van der Waals surface area (Å²) in [5.74, 6) is 0.177. The Labute approximate surface area is 140 Å². The molecule has 0 spiro atoms. The number of fused-ring (bicyclic) bond motifs is 1. The SMILES string of the molecule is Nc1nc(Cl)nc2c1cnn2[C@H]1C[C@H](O)[C@@H](COCP(=O)(O)O)O1. The van der Waals surface area contributed by atoms with Gasteiger partial charge in [-0.2, -0.15) is 10.1 Å². The van der Waals surface area contributed by atoms with Crippen LogP contribution in [-0.4, -0.2) is 59.8 Å². The Morgan fingerprint density at radius 2 is 2.25 bits per heavy atom. The monoisotopic (exact) mass is 379 g/mol. The molecule has 5 N–H and O–H groups in total. The molecule has 11 nitrogen and oxygen atoms in total. The topological polar surface area (TPSA) is 166 Å². The van der Waals surface area contributed by atoms with E-state index in [1.165, 1.54) is 10.9 Å². The van der Waals surface area contributed by atoms with Gasteiger partial charge in [-0.1, -0.05) is 0 Å². The first-order valence-electron chi connectivity index (χ1n) is 6.86. The van der Waals surface area contributed by atoms with Crippen LogP contribution in [0, 0.1) is 0 Å². The molecule has 2 aromatic rings. The van der Waals surface area contributed by atoms with E-state index < -0.39 is 32.4 Å². The van der Waals surface area contributed by atoms with Crippen LogP contribution in [0.1, 0.15) is 12.6 Å². The van der Waals surface area contributed by atoms with Gasteiger partial charge >= 0.3 is 7.60 Å². The molecule has 0 amide bonds. The fourth-order valence-corrected chi connectivity index (χ4v) is 2.95. The highest BCUT2D eigenvalue weighted by atomic mass is 35.5. The molecule has 1 aliphatic rings. The summed E-state index contributed by atoms with van der Waals surface area (Å²) in [6.07, 6.45) is -1.37. The third-order valence-corrected chi connectivity index (χ3v) is 4.16. The van der Waals surface area contributed by atoms with Gasteiger partial charge in [0.1, 0.15) is 18.3 Å². The smallest absolute Gasteiger partial charge is 0.350 e. The zero-order valence-corrected chi connectivity index (χ0v) is 13.8. The first kappa shape index (κ1) is 17.5. The molecule has 0 radical (unpaired) electrons. The standard InChI is InChI=1S/C11H15ClN5O6P/c12-11-15-9(13)5-2-14-17(10(5)16-11)8-1-6(18)7(23-8)3-22-4-24(19,20)21/h2,6-8,18H,1,3-4H2,(H2,13,15,16)(H2,19,20,21)/t6-,7+,8+/m0/s1. The summed E-state index contributed by atoms with van der Waals surface area (Å²) < 4.78 is 22.7. The van der Waals surface area contributed by atoms with Crippen molar-refractivity contribution in [3.05, 3.63) is 11.5 Å². The van der Waals surface area contributed by atoms with Gasteiger partial charge < -0.3 is 30.1 Å². The van der Waals surface area contributed by atoms with Crippen LogP contribution < -0.4 is 5.73 Å². The van der Waals surface area contributed by atoms with E-state index in [2.05, 4.69) is 15.1 Å². The van der Waals surface area contributed by atoms with Crippen molar-refractivity contribution < 1.29 is 28.9 Å². The first-order valence-corrected chi connectivity index (χ1v) is 9.04. The molecule has 13 heteroatoms. The summed E-state index contributed by atoms with van der Waals surface area (Å²) in [6, 6.07) is 0.